The second-order valence-electron chi connectivity index (χ2n) is 9.67. The summed E-state index contributed by atoms with van der Waals surface area (Å²) in [5, 5.41) is 0. The highest BCUT2D eigenvalue weighted by Crippen LogP contribution is 2.54. The number of carbonyl (C=O) groups is 1. The molecule has 0 aromatic heterocycles. The lowest BCUT2D eigenvalue weighted by molar-refractivity contribution is -0.340. The number of carbonyl (C=O) groups excluding carboxylic acids is 1. The average Bonchev–Trinajstić information content (AvgIpc) is 2.89. The standard InChI is InChI=1S/C21H30F6O2Si/c1-14(15-10-11-16-17(28)9-7-12-18(15,16)2)8-6-13-19(20(22,23)24,21(25,26)27)29-30(3,4)5/h6,10,13-14,16H,7-9,11-12H2,1-5H3/b13-6+/t14-,16?,18-/m1/s1. The van der Waals surface area contributed by atoms with Crippen LogP contribution in [0, 0.1) is 17.3 Å². The van der Waals surface area contributed by atoms with Crippen molar-refractivity contribution in [3.8, 4) is 0 Å². The molecule has 0 aliphatic heterocycles. The van der Waals surface area contributed by atoms with Gasteiger partial charge in [0.2, 0.25) is 0 Å². The second kappa shape index (κ2) is 8.11. The number of rotatable bonds is 6. The largest absolute Gasteiger partial charge is 0.429 e. The van der Waals surface area contributed by atoms with Gasteiger partial charge in [-0.05, 0) is 62.7 Å². The molecular weight excluding hydrogens is 426 g/mol. The van der Waals surface area contributed by atoms with Crippen LogP contribution in [0.2, 0.25) is 19.6 Å². The fourth-order valence-corrected chi connectivity index (χ4v) is 6.13. The first-order chi connectivity index (χ1) is 13.4. The van der Waals surface area contributed by atoms with Crippen molar-refractivity contribution in [2.75, 3.05) is 0 Å². The maximum absolute atomic E-state index is 13.6. The fourth-order valence-electron chi connectivity index (χ4n) is 4.86. The number of halogens is 6. The van der Waals surface area contributed by atoms with Gasteiger partial charge in [0.15, 0.2) is 8.32 Å². The molecule has 0 N–H and O–H groups in total. The van der Waals surface area contributed by atoms with E-state index in [4.69, 9.17) is 4.43 Å². The quantitative estimate of drug-likeness (QED) is 0.245. The molecule has 0 saturated heterocycles. The van der Waals surface area contributed by atoms with Crippen molar-refractivity contribution in [3.63, 3.8) is 0 Å². The fraction of sp³-hybridized carbons (Fsp3) is 0.762. The molecule has 0 aromatic carbocycles. The minimum absolute atomic E-state index is 0.00526. The minimum atomic E-state index is -5.63. The molecule has 9 heteroatoms. The van der Waals surface area contributed by atoms with Gasteiger partial charge in [0.1, 0.15) is 5.78 Å². The van der Waals surface area contributed by atoms with Crippen molar-refractivity contribution in [3.05, 3.63) is 23.8 Å². The molecule has 1 fully saturated rings. The van der Waals surface area contributed by atoms with Crippen LogP contribution in [0.25, 0.3) is 0 Å². The van der Waals surface area contributed by atoms with Crippen LogP contribution < -0.4 is 0 Å². The Balaban J connectivity index is 2.28. The molecule has 2 nitrogen and oxygen atoms in total. The summed E-state index contributed by atoms with van der Waals surface area (Å²) in [6.45, 7) is 7.64. The van der Waals surface area contributed by atoms with Crippen LogP contribution in [0.4, 0.5) is 26.3 Å². The maximum atomic E-state index is 13.6. The molecule has 0 spiro atoms. The number of allylic oxidation sites excluding steroid dienone is 3. The molecule has 0 heterocycles. The summed E-state index contributed by atoms with van der Waals surface area (Å²) >= 11 is 0. The summed E-state index contributed by atoms with van der Waals surface area (Å²) < 4.78 is 86.5. The monoisotopic (exact) mass is 456 g/mol. The number of hydrogen-bond acceptors (Lipinski definition) is 2. The van der Waals surface area contributed by atoms with Crippen molar-refractivity contribution < 1.29 is 35.6 Å². The topological polar surface area (TPSA) is 26.3 Å². The lowest BCUT2D eigenvalue weighted by Gasteiger charge is -2.40. The first-order valence-electron chi connectivity index (χ1n) is 10.2. The van der Waals surface area contributed by atoms with E-state index in [-0.39, 0.29) is 35.5 Å². The smallest absolute Gasteiger partial charge is 0.394 e. The van der Waals surface area contributed by atoms with E-state index < -0.39 is 26.3 Å². The Morgan fingerprint density at radius 3 is 2.27 bits per heavy atom. The van der Waals surface area contributed by atoms with E-state index in [1.54, 1.807) is 6.92 Å². The normalized spacial score (nSPS) is 27.4. The zero-order chi connectivity index (χ0) is 23.2. The number of fused-ring (bicyclic) bond motifs is 1. The van der Waals surface area contributed by atoms with Crippen LogP contribution in [0.15, 0.2) is 23.8 Å². The number of Topliss-reactive ketones (excluding diaryl/α,β-unsaturated/α-hetero) is 1. The van der Waals surface area contributed by atoms with Crippen molar-refractivity contribution >= 4 is 14.1 Å². The van der Waals surface area contributed by atoms with Crippen LogP contribution in [0.3, 0.4) is 0 Å². The van der Waals surface area contributed by atoms with Crippen LogP contribution in [-0.4, -0.2) is 32.1 Å². The third kappa shape index (κ3) is 4.71. The number of ketones is 1. The molecule has 172 valence electrons. The Hall–Kier alpha value is -1.09. The molecule has 30 heavy (non-hydrogen) atoms. The van der Waals surface area contributed by atoms with Gasteiger partial charge in [-0.3, -0.25) is 4.79 Å². The van der Waals surface area contributed by atoms with Gasteiger partial charge >= 0.3 is 12.4 Å². The third-order valence-electron chi connectivity index (χ3n) is 6.19. The van der Waals surface area contributed by atoms with Crippen LogP contribution in [-0.2, 0) is 9.22 Å². The number of hydrogen-bond donors (Lipinski definition) is 0. The molecule has 0 amide bonds. The van der Waals surface area contributed by atoms with E-state index in [1.807, 2.05) is 13.0 Å². The lowest BCUT2D eigenvalue weighted by Crippen LogP contribution is -2.61. The predicted molar refractivity (Wildman–Crippen MR) is 105 cm³/mol. The molecule has 2 aliphatic rings. The van der Waals surface area contributed by atoms with Gasteiger partial charge in [-0.25, -0.2) is 0 Å². The van der Waals surface area contributed by atoms with Crippen LogP contribution in [0.1, 0.15) is 46.0 Å². The number of alkyl halides is 6. The SMILES string of the molecule is C[C@H](C/C=C/C(O[Si](C)(C)C)(C(F)(F)F)C(F)(F)F)C1=CCC2C(=O)CCC[C@]12C. The highest BCUT2D eigenvalue weighted by molar-refractivity contribution is 6.69. The molecule has 1 saturated carbocycles. The Kier molecular flexibility index (Phi) is 6.81. The van der Waals surface area contributed by atoms with Gasteiger partial charge in [0.05, 0.1) is 0 Å². The van der Waals surface area contributed by atoms with E-state index in [0.29, 0.717) is 12.8 Å². The predicted octanol–water partition coefficient (Wildman–Crippen LogP) is 6.99. The van der Waals surface area contributed by atoms with E-state index in [1.165, 1.54) is 19.6 Å². The summed E-state index contributed by atoms with van der Waals surface area (Å²) in [6, 6.07) is 0. The maximum Gasteiger partial charge on any atom is 0.429 e. The van der Waals surface area contributed by atoms with Gasteiger partial charge in [-0.2, -0.15) is 26.3 Å². The summed E-state index contributed by atoms with van der Waals surface area (Å²) in [7, 11) is -3.20. The Labute approximate surface area is 174 Å². The summed E-state index contributed by atoms with van der Waals surface area (Å²) in [5.74, 6) is -0.213. The Morgan fingerprint density at radius 1 is 1.20 bits per heavy atom. The molecule has 0 radical (unpaired) electrons. The van der Waals surface area contributed by atoms with E-state index in [9.17, 15) is 31.1 Å². The van der Waals surface area contributed by atoms with E-state index in [2.05, 4.69) is 0 Å². The highest BCUT2D eigenvalue weighted by Gasteiger charge is 2.71. The molecule has 1 unspecified atom stereocenters. The van der Waals surface area contributed by atoms with Gasteiger partial charge in [0, 0.05) is 12.3 Å². The summed E-state index contributed by atoms with van der Waals surface area (Å²) in [4.78, 5) is 12.2. The third-order valence-corrected chi connectivity index (χ3v) is 7.13. The van der Waals surface area contributed by atoms with Crippen molar-refractivity contribution in [1.82, 2.24) is 0 Å². The average molecular weight is 457 g/mol. The summed E-state index contributed by atoms with van der Waals surface area (Å²) in [6.07, 6.45) is -5.56. The second-order valence-corrected chi connectivity index (χ2v) is 14.1. The van der Waals surface area contributed by atoms with E-state index in [0.717, 1.165) is 24.5 Å². The van der Waals surface area contributed by atoms with Crippen molar-refractivity contribution in [1.29, 1.82) is 0 Å². The Morgan fingerprint density at radius 2 is 1.77 bits per heavy atom. The van der Waals surface area contributed by atoms with Crippen LogP contribution in [0.5, 0.6) is 0 Å². The molecule has 2 rings (SSSR count). The Bertz CT molecular complexity index is 702. The minimum Gasteiger partial charge on any atom is -0.394 e. The van der Waals surface area contributed by atoms with E-state index >= 15 is 0 Å². The van der Waals surface area contributed by atoms with Crippen molar-refractivity contribution in [2.24, 2.45) is 17.3 Å². The molecule has 0 bridgehead atoms. The zero-order valence-electron chi connectivity index (χ0n) is 18.0. The highest BCUT2D eigenvalue weighted by atomic mass is 28.4. The molecule has 0 aromatic rings. The van der Waals surface area contributed by atoms with Gasteiger partial charge in [0.25, 0.3) is 5.60 Å². The van der Waals surface area contributed by atoms with Gasteiger partial charge in [-0.15, -0.1) is 0 Å². The molecule has 3 atom stereocenters. The first kappa shape index (κ1) is 25.2. The van der Waals surface area contributed by atoms with Crippen LogP contribution >= 0.6 is 0 Å². The molecule has 2 aliphatic carbocycles. The molecular formula is C21H30F6O2Si. The van der Waals surface area contributed by atoms with Gasteiger partial charge in [-0.1, -0.05) is 31.6 Å². The van der Waals surface area contributed by atoms with Gasteiger partial charge < -0.3 is 4.43 Å². The summed E-state index contributed by atoms with van der Waals surface area (Å²) in [5.41, 5.74) is -3.72. The first-order valence-corrected chi connectivity index (χ1v) is 13.6. The van der Waals surface area contributed by atoms with Crippen molar-refractivity contribution in [2.45, 2.75) is 83.5 Å². The lowest BCUT2D eigenvalue weighted by atomic mass is 9.63. The zero-order valence-corrected chi connectivity index (χ0v) is 19.0.